The molecule has 1 aliphatic rings. The third-order valence-electron chi connectivity index (χ3n) is 9.34. The normalized spacial score (nSPS) is 13.4. The molecule has 0 aliphatic heterocycles. The van der Waals surface area contributed by atoms with Crippen LogP contribution in [-0.4, -0.2) is 8.80 Å². The van der Waals surface area contributed by atoms with E-state index in [1.54, 1.807) is 0 Å². The Kier molecular flexibility index (Phi) is 13.9. The van der Waals surface area contributed by atoms with Crippen molar-refractivity contribution in [2.24, 2.45) is 0 Å². The van der Waals surface area contributed by atoms with Gasteiger partial charge in [0.25, 0.3) is 0 Å². The maximum absolute atomic E-state index is 4.17. The second kappa shape index (κ2) is 15.8. The van der Waals surface area contributed by atoms with E-state index in [-0.39, 0.29) is 75.7 Å². The molecule has 1 atom stereocenters. The topological polar surface area (TPSA) is 0 Å². The Hall–Kier alpha value is -2.10. The summed E-state index contributed by atoms with van der Waals surface area (Å²) in [6.45, 7) is 23.0. The summed E-state index contributed by atoms with van der Waals surface area (Å²) >= 11 is 0. The molecule has 0 nitrogen and oxygen atoms in total. The minimum Gasteiger partial charge on any atom is -1.00 e. The van der Waals surface area contributed by atoms with Gasteiger partial charge in [-0.15, -0.1) is 11.1 Å². The van der Waals surface area contributed by atoms with E-state index in [0.717, 1.165) is 0 Å². The Labute approximate surface area is 325 Å². The molecule has 6 rings (SSSR count). The molecule has 1 unspecified atom stereocenters. The molecule has 5 aromatic carbocycles. The quantitative estimate of drug-likeness (QED) is 0.133. The molecule has 0 radical (unpaired) electrons. The van der Waals surface area contributed by atoms with Crippen molar-refractivity contribution in [2.45, 2.75) is 86.0 Å². The number of fused-ring (bicyclic) bond motifs is 3. The first-order valence-electron chi connectivity index (χ1n) is 16.2. The van der Waals surface area contributed by atoms with Crippen LogP contribution in [0.1, 0.15) is 97.5 Å². The summed E-state index contributed by atoms with van der Waals surface area (Å²) < 4.78 is 0. The van der Waals surface area contributed by atoms with Crippen LogP contribution < -0.4 is 52.8 Å². The summed E-state index contributed by atoms with van der Waals surface area (Å²) in [4.78, 5) is 0. The molecular weight excluding hydrogens is 699 g/mol. The van der Waals surface area contributed by atoms with Crippen LogP contribution in [0.3, 0.4) is 0 Å². The summed E-state index contributed by atoms with van der Waals surface area (Å²) in [6.07, 6.45) is 0. The maximum Gasteiger partial charge on any atom is 4.00 e. The number of hydrogen-bond donors (Lipinski definition) is 0. The van der Waals surface area contributed by atoms with Gasteiger partial charge in [-0.3, -0.25) is 0 Å². The molecule has 0 fully saturated rings. The van der Waals surface area contributed by atoms with E-state index in [2.05, 4.69) is 166 Å². The molecule has 0 saturated carbocycles. The molecule has 5 heteroatoms. The van der Waals surface area contributed by atoms with Gasteiger partial charge in [-0.1, -0.05) is 159 Å². The zero-order valence-corrected chi connectivity index (χ0v) is 34.9. The van der Waals surface area contributed by atoms with Crippen molar-refractivity contribution in [3.63, 3.8) is 0 Å². The first-order valence-corrected chi connectivity index (χ1v) is 17.9. The minimum absolute atomic E-state index is 0. The average molecular weight is 746 g/mol. The van der Waals surface area contributed by atoms with E-state index in [1.165, 1.54) is 76.8 Å². The number of benzene rings is 5. The molecule has 5 aromatic rings. The molecule has 48 heavy (non-hydrogen) atoms. The predicted octanol–water partition coefficient (Wildman–Crippen LogP) is -0.266. The van der Waals surface area contributed by atoms with Crippen LogP contribution in [0.5, 0.6) is 0 Å². The van der Waals surface area contributed by atoms with Crippen molar-refractivity contribution in [3.8, 4) is 11.1 Å². The Balaban J connectivity index is 0.00000200. The summed E-state index contributed by atoms with van der Waals surface area (Å²) in [5, 5.41) is 4.32. The zero-order valence-electron chi connectivity index (χ0n) is 29.9. The number of hydrogen-bond acceptors (Lipinski definition) is 0. The summed E-state index contributed by atoms with van der Waals surface area (Å²) in [5.74, 6) is 0.165. The Morgan fingerprint density at radius 2 is 1.00 bits per heavy atom. The van der Waals surface area contributed by atoms with E-state index in [4.69, 9.17) is 0 Å². The molecule has 0 saturated heterocycles. The standard InChI is InChI=1S/C43H47Si.3ClH.Ti/c1-27-17-28(2)20-35(19-27)44(36-21-29(3)18-30(4)22-36)34-15-16-38-37-13-11-12-14-39(37)41(40(38)26-34)31-23-32(42(5,6)7)25-33(24-31)43(8,9)10;;;;/h11-25,41,44H,1-10H3;3*1H;/q-1;;;;+4/p-3. The second-order valence-corrected chi connectivity index (χ2v) is 18.2. The molecule has 0 spiro atoms. The van der Waals surface area contributed by atoms with Crippen LogP contribution in [0.4, 0.5) is 0 Å². The molecule has 0 bridgehead atoms. The van der Waals surface area contributed by atoms with E-state index in [0.29, 0.717) is 0 Å². The number of halogens is 3. The molecular formula is C43H47Cl3SiTi. The van der Waals surface area contributed by atoms with Crippen molar-refractivity contribution in [2.75, 3.05) is 0 Å². The van der Waals surface area contributed by atoms with Crippen molar-refractivity contribution in [3.05, 3.63) is 147 Å². The van der Waals surface area contributed by atoms with Crippen LogP contribution in [0, 0.1) is 33.8 Å². The fourth-order valence-electron chi connectivity index (χ4n) is 7.24. The van der Waals surface area contributed by atoms with Gasteiger partial charge in [-0.05, 0) is 60.8 Å². The monoisotopic (exact) mass is 744 g/mol. The third-order valence-corrected chi connectivity index (χ3v) is 12.3. The van der Waals surface area contributed by atoms with Gasteiger partial charge in [-0.2, -0.15) is 23.4 Å². The van der Waals surface area contributed by atoms with Crippen molar-refractivity contribution < 1.29 is 58.9 Å². The van der Waals surface area contributed by atoms with Gasteiger partial charge in [0.2, 0.25) is 0 Å². The number of rotatable bonds is 4. The SMILES string of the molecule is Cc1cc(C)cc([SiH](c2[c-]c3c(cc2)-c2ccccc2C3c2cc(C(C)(C)C)cc(C(C)(C)C)c2)c2cc(C)cc(C)c2)c1.[Cl-].[Cl-].[Cl-].[Ti+4]. The van der Waals surface area contributed by atoms with Gasteiger partial charge in [-0.25, -0.2) is 0 Å². The summed E-state index contributed by atoms with van der Waals surface area (Å²) in [7, 11) is -1.80. The van der Waals surface area contributed by atoms with Crippen LogP contribution >= 0.6 is 0 Å². The van der Waals surface area contributed by atoms with Crippen LogP contribution in [0.2, 0.25) is 0 Å². The average Bonchev–Trinajstić information content (AvgIpc) is 3.25. The van der Waals surface area contributed by atoms with Crippen LogP contribution in [-0.2, 0) is 32.5 Å². The number of aryl methyl sites for hydroxylation is 4. The Morgan fingerprint density at radius 1 is 0.542 bits per heavy atom. The Morgan fingerprint density at radius 3 is 1.46 bits per heavy atom. The molecule has 0 amide bonds. The van der Waals surface area contributed by atoms with Crippen molar-refractivity contribution in [1.82, 2.24) is 0 Å². The van der Waals surface area contributed by atoms with Gasteiger partial charge < -0.3 is 37.2 Å². The molecule has 0 N–H and O–H groups in total. The zero-order chi connectivity index (χ0) is 31.6. The predicted molar refractivity (Wildman–Crippen MR) is 193 cm³/mol. The van der Waals surface area contributed by atoms with E-state index < -0.39 is 8.80 Å². The molecule has 248 valence electrons. The molecule has 1 aliphatic carbocycles. The second-order valence-electron chi connectivity index (χ2n) is 15.4. The summed E-state index contributed by atoms with van der Waals surface area (Å²) in [5.41, 5.74) is 15.1. The largest absolute Gasteiger partial charge is 4.00 e. The van der Waals surface area contributed by atoms with Crippen LogP contribution in [0.25, 0.3) is 11.1 Å². The molecule has 0 aromatic heterocycles. The first-order chi connectivity index (χ1) is 20.7. The van der Waals surface area contributed by atoms with Crippen molar-refractivity contribution in [1.29, 1.82) is 0 Å². The fourth-order valence-corrected chi connectivity index (χ4v) is 10.7. The van der Waals surface area contributed by atoms with Gasteiger partial charge >= 0.3 is 21.7 Å². The fraction of sp³-hybridized carbons (Fsp3) is 0.302. The Bertz CT molecular complexity index is 1770. The molecule has 0 heterocycles. The van der Waals surface area contributed by atoms with E-state index >= 15 is 0 Å². The van der Waals surface area contributed by atoms with Gasteiger partial charge in [0, 0.05) is 5.92 Å². The van der Waals surface area contributed by atoms with E-state index in [9.17, 15) is 0 Å². The van der Waals surface area contributed by atoms with Gasteiger partial charge in [0.15, 0.2) is 0 Å². The third kappa shape index (κ3) is 8.43. The minimum atomic E-state index is -1.80. The van der Waals surface area contributed by atoms with Crippen LogP contribution in [0.15, 0.2) is 91.0 Å². The van der Waals surface area contributed by atoms with E-state index in [1.807, 2.05) is 0 Å². The summed E-state index contributed by atoms with van der Waals surface area (Å²) in [6, 6.07) is 39.7. The maximum atomic E-state index is 4.17. The van der Waals surface area contributed by atoms with Gasteiger partial charge in [0.1, 0.15) is 8.80 Å². The van der Waals surface area contributed by atoms with Gasteiger partial charge in [0.05, 0.1) is 0 Å². The van der Waals surface area contributed by atoms with Crippen molar-refractivity contribution >= 4 is 24.4 Å². The smallest absolute Gasteiger partial charge is 1.00 e. The first kappa shape index (κ1) is 42.1.